The van der Waals surface area contributed by atoms with Crippen LogP contribution in [-0.2, 0) is 9.53 Å². The van der Waals surface area contributed by atoms with Crippen molar-refractivity contribution >= 4 is 29.4 Å². The van der Waals surface area contributed by atoms with Gasteiger partial charge in [0, 0.05) is 48.6 Å². The molecule has 1 N–H and O–H groups in total. The zero-order valence-corrected chi connectivity index (χ0v) is 23.5. The number of aryl methyl sites for hydroxylation is 1. The Morgan fingerprint density at radius 3 is 2.44 bits per heavy atom. The number of ether oxygens (including phenoxy) is 1. The van der Waals surface area contributed by atoms with E-state index in [2.05, 4.69) is 10.2 Å². The molecule has 2 amide bonds. The van der Waals surface area contributed by atoms with Gasteiger partial charge in [0.1, 0.15) is 12.4 Å². The molecular formula is C31H31ClFN5O3. The molecule has 10 heteroatoms. The summed E-state index contributed by atoms with van der Waals surface area (Å²) in [6.45, 7) is 5.20. The molecule has 1 saturated heterocycles. The number of carbonyl (C=O) groups excluding carboxylic acids is 2. The van der Waals surface area contributed by atoms with Crippen molar-refractivity contribution in [2.45, 2.75) is 6.92 Å². The van der Waals surface area contributed by atoms with Gasteiger partial charge in [-0.3, -0.25) is 24.4 Å². The van der Waals surface area contributed by atoms with Gasteiger partial charge >= 0.3 is 0 Å². The molecule has 212 valence electrons. The fourth-order valence-corrected chi connectivity index (χ4v) is 4.74. The summed E-state index contributed by atoms with van der Waals surface area (Å²) in [5, 5.41) is 3.49. The molecule has 4 aromatic rings. The molecule has 0 saturated carbocycles. The summed E-state index contributed by atoms with van der Waals surface area (Å²) >= 11 is 6.07. The zero-order chi connectivity index (χ0) is 28.8. The highest BCUT2D eigenvalue weighted by Gasteiger charge is 2.24. The highest BCUT2D eigenvalue weighted by atomic mass is 35.5. The summed E-state index contributed by atoms with van der Waals surface area (Å²) in [4.78, 5) is 35.0. The number of hydrogen-bond acceptors (Lipinski definition) is 5. The number of aromatic nitrogens is 2. The minimum atomic E-state index is -0.628. The van der Waals surface area contributed by atoms with Crippen LogP contribution in [0.1, 0.15) is 15.9 Å². The van der Waals surface area contributed by atoms with Crippen LogP contribution in [-0.4, -0.2) is 77.1 Å². The number of hydrogen-bond donors (Lipinski definition) is 1. The summed E-state index contributed by atoms with van der Waals surface area (Å²) in [6.07, 6.45) is 1.84. The van der Waals surface area contributed by atoms with Crippen molar-refractivity contribution in [1.29, 1.82) is 0 Å². The summed E-state index contributed by atoms with van der Waals surface area (Å²) in [6, 6.07) is 20.9. The molecule has 0 atom stereocenters. The van der Waals surface area contributed by atoms with Crippen molar-refractivity contribution < 1.29 is 18.7 Å². The molecule has 1 fully saturated rings. The van der Waals surface area contributed by atoms with Crippen molar-refractivity contribution in [1.82, 2.24) is 19.4 Å². The van der Waals surface area contributed by atoms with Crippen molar-refractivity contribution in [3.63, 3.8) is 0 Å². The van der Waals surface area contributed by atoms with Crippen LogP contribution in [0.2, 0.25) is 5.02 Å². The standard InChI is InChI=1S/C31H31ClFN5O3/c1-22-6-12-25(13-7-22)38-20-28(23-8-10-24(32)11-9-23)34-31(38)35-29(39)21-37(15-14-36-16-18-41-19-17-36)30(40)26-4-2-3-5-27(26)33/h2-13,20H,14-19,21H2,1H3,(H,34,35,39). The molecule has 0 aliphatic carbocycles. The van der Waals surface area contributed by atoms with Gasteiger partial charge in [-0.2, -0.15) is 0 Å². The van der Waals surface area contributed by atoms with E-state index >= 15 is 0 Å². The lowest BCUT2D eigenvalue weighted by molar-refractivity contribution is -0.117. The lowest BCUT2D eigenvalue weighted by Gasteiger charge is -2.30. The number of halogens is 2. The predicted molar refractivity (Wildman–Crippen MR) is 157 cm³/mol. The summed E-state index contributed by atoms with van der Waals surface area (Å²) in [5.41, 5.74) is 3.31. The average Bonchev–Trinajstić information content (AvgIpc) is 3.40. The van der Waals surface area contributed by atoms with Crippen LogP contribution < -0.4 is 5.32 Å². The third-order valence-electron chi connectivity index (χ3n) is 6.93. The second-order valence-electron chi connectivity index (χ2n) is 9.87. The molecule has 0 spiro atoms. The molecule has 8 nitrogen and oxygen atoms in total. The van der Waals surface area contributed by atoms with E-state index in [-0.39, 0.29) is 18.7 Å². The molecule has 0 unspecified atom stereocenters. The minimum absolute atomic E-state index is 0.0755. The summed E-state index contributed by atoms with van der Waals surface area (Å²) in [7, 11) is 0. The van der Waals surface area contributed by atoms with Crippen molar-refractivity contribution in [3.8, 4) is 16.9 Å². The number of benzene rings is 3. The molecule has 5 rings (SSSR count). The Hall–Kier alpha value is -4.05. The Bertz CT molecular complexity index is 1500. The van der Waals surface area contributed by atoms with Gasteiger partial charge in [-0.05, 0) is 43.3 Å². The van der Waals surface area contributed by atoms with Crippen LogP contribution in [0, 0.1) is 12.7 Å². The second kappa shape index (κ2) is 13.1. The lowest BCUT2D eigenvalue weighted by atomic mass is 10.2. The predicted octanol–water partition coefficient (Wildman–Crippen LogP) is 5.05. The monoisotopic (exact) mass is 575 g/mol. The Morgan fingerprint density at radius 2 is 1.73 bits per heavy atom. The van der Waals surface area contributed by atoms with Crippen LogP contribution in [0.4, 0.5) is 10.3 Å². The fourth-order valence-electron chi connectivity index (χ4n) is 4.61. The van der Waals surface area contributed by atoms with E-state index in [0.717, 1.165) is 29.9 Å². The smallest absolute Gasteiger partial charge is 0.257 e. The van der Waals surface area contributed by atoms with Crippen LogP contribution in [0.3, 0.4) is 0 Å². The molecule has 1 aliphatic heterocycles. The Kier molecular flexibility index (Phi) is 9.08. The summed E-state index contributed by atoms with van der Waals surface area (Å²) in [5.74, 6) is -1.32. The maximum atomic E-state index is 14.5. The largest absolute Gasteiger partial charge is 0.379 e. The van der Waals surface area contributed by atoms with E-state index in [0.29, 0.717) is 36.4 Å². The topological polar surface area (TPSA) is 79.7 Å². The number of nitrogens with zero attached hydrogens (tertiary/aromatic N) is 4. The van der Waals surface area contributed by atoms with Gasteiger partial charge in [-0.25, -0.2) is 9.37 Å². The highest BCUT2D eigenvalue weighted by molar-refractivity contribution is 6.30. The SMILES string of the molecule is Cc1ccc(-n2cc(-c3ccc(Cl)cc3)nc2NC(=O)CN(CCN2CCOCC2)C(=O)c2ccccc2F)cc1. The van der Waals surface area contributed by atoms with Gasteiger partial charge in [0.2, 0.25) is 11.9 Å². The number of nitrogens with one attached hydrogen (secondary N) is 1. The molecule has 2 heterocycles. The second-order valence-corrected chi connectivity index (χ2v) is 10.3. The average molecular weight is 576 g/mol. The maximum absolute atomic E-state index is 14.5. The zero-order valence-electron chi connectivity index (χ0n) is 22.7. The number of carbonyl (C=O) groups is 2. The van der Waals surface area contributed by atoms with Crippen LogP contribution in [0.25, 0.3) is 16.9 Å². The van der Waals surface area contributed by atoms with Crippen molar-refractivity contribution in [2.24, 2.45) is 0 Å². The van der Waals surface area contributed by atoms with E-state index in [1.807, 2.05) is 49.5 Å². The number of anilines is 1. The van der Waals surface area contributed by atoms with E-state index in [9.17, 15) is 14.0 Å². The van der Waals surface area contributed by atoms with E-state index in [1.165, 1.54) is 23.1 Å². The Morgan fingerprint density at radius 1 is 1.02 bits per heavy atom. The van der Waals surface area contributed by atoms with E-state index in [4.69, 9.17) is 21.3 Å². The van der Waals surface area contributed by atoms with E-state index in [1.54, 1.807) is 22.8 Å². The van der Waals surface area contributed by atoms with Crippen molar-refractivity contribution in [2.75, 3.05) is 51.3 Å². The van der Waals surface area contributed by atoms with Gasteiger partial charge in [0.25, 0.3) is 5.91 Å². The Balaban J connectivity index is 1.39. The quantitative estimate of drug-likeness (QED) is 0.302. The third kappa shape index (κ3) is 7.18. The van der Waals surface area contributed by atoms with Crippen LogP contribution in [0.15, 0.2) is 79.0 Å². The van der Waals surface area contributed by atoms with Gasteiger partial charge in [-0.15, -0.1) is 0 Å². The highest BCUT2D eigenvalue weighted by Crippen LogP contribution is 2.26. The molecule has 1 aliphatic rings. The number of imidazole rings is 1. The first kappa shape index (κ1) is 28.5. The van der Waals surface area contributed by atoms with Crippen LogP contribution >= 0.6 is 11.6 Å². The molecule has 41 heavy (non-hydrogen) atoms. The van der Waals surface area contributed by atoms with Crippen molar-refractivity contribution in [3.05, 3.63) is 101 Å². The Labute approximate surface area is 243 Å². The first-order valence-electron chi connectivity index (χ1n) is 13.4. The van der Waals surface area contributed by atoms with Gasteiger partial charge in [0.15, 0.2) is 0 Å². The molecular weight excluding hydrogens is 545 g/mol. The van der Waals surface area contributed by atoms with Gasteiger partial charge in [-0.1, -0.05) is 53.6 Å². The molecule has 0 bridgehead atoms. The lowest BCUT2D eigenvalue weighted by Crippen LogP contribution is -2.45. The molecule has 0 radical (unpaired) electrons. The molecule has 1 aromatic heterocycles. The minimum Gasteiger partial charge on any atom is -0.379 e. The number of morpholine rings is 1. The molecule has 3 aromatic carbocycles. The van der Waals surface area contributed by atoms with Gasteiger partial charge in [0.05, 0.1) is 24.5 Å². The number of rotatable bonds is 9. The normalized spacial score (nSPS) is 13.6. The third-order valence-corrected chi connectivity index (χ3v) is 7.18. The maximum Gasteiger partial charge on any atom is 0.257 e. The summed E-state index contributed by atoms with van der Waals surface area (Å²) < 4.78 is 21.7. The first-order chi connectivity index (χ1) is 19.9. The van der Waals surface area contributed by atoms with Crippen LogP contribution in [0.5, 0.6) is 0 Å². The van der Waals surface area contributed by atoms with Gasteiger partial charge < -0.3 is 9.64 Å². The van der Waals surface area contributed by atoms with E-state index < -0.39 is 17.6 Å². The number of amides is 2. The fraction of sp³-hybridized carbons (Fsp3) is 0.258. The first-order valence-corrected chi connectivity index (χ1v) is 13.8.